The van der Waals surface area contributed by atoms with Gasteiger partial charge in [-0.2, -0.15) is 0 Å². The van der Waals surface area contributed by atoms with E-state index in [2.05, 4.69) is 15.1 Å². The van der Waals surface area contributed by atoms with Crippen LogP contribution in [0.25, 0.3) is 0 Å². The Morgan fingerprint density at radius 2 is 2.17 bits per heavy atom. The fourth-order valence-electron chi connectivity index (χ4n) is 3.54. The van der Waals surface area contributed by atoms with Crippen LogP contribution >= 0.6 is 12.4 Å². The molecule has 5 heteroatoms. The van der Waals surface area contributed by atoms with E-state index in [9.17, 15) is 4.79 Å². The molecule has 0 aromatic carbocycles. The number of nitrogens with one attached hydrogen (secondary N) is 1. The van der Waals surface area contributed by atoms with Crippen molar-refractivity contribution in [2.24, 2.45) is 5.92 Å². The van der Waals surface area contributed by atoms with E-state index in [0.717, 1.165) is 38.4 Å². The SMILES string of the molecule is Cl.O=C1CCC2CN(CC3CCCNC3)CCN12. The Morgan fingerprint density at radius 1 is 1.28 bits per heavy atom. The van der Waals surface area contributed by atoms with Crippen LogP contribution in [0.15, 0.2) is 0 Å². The highest BCUT2D eigenvalue weighted by atomic mass is 35.5. The molecule has 3 aliphatic rings. The van der Waals surface area contributed by atoms with Crippen molar-refractivity contribution in [2.75, 3.05) is 39.3 Å². The molecule has 18 heavy (non-hydrogen) atoms. The Kier molecular flexibility index (Phi) is 4.87. The van der Waals surface area contributed by atoms with Gasteiger partial charge in [0.1, 0.15) is 0 Å². The Hall–Kier alpha value is -0.320. The van der Waals surface area contributed by atoms with E-state index in [1.54, 1.807) is 0 Å². The molecule has 2 unspecified atom stereocenters. The smallest absolute Gasteiger partial charge is 0.222 e. The van der Waals surface area contributed by atoms with Crippen molar-refractivity contribution in [2.45, 2.75) is 31.7 Å². The maximum absolute atomic E-state index is 11.6. The lowest BCUT2D eigenvalue weighted by Crippen LogP contribution is -2.53. The van der Waals surface area contributed by atoms with Crippen molar-refractivity contribution in [3.63, 3.8) is 0 Å². The lowest BCUT2D eigenvalue weighted by Gasteiger charge is -2.39. The number of nitrogens with zero attached hydrogens (tertiary/aromatic N) is 2. The van der Waals surface area contributed by atoms with Crippen LogP contribution in [0.3, 0.4) is 0 Å². The summed E-state index contributed by atoms with van der Waals surface area (Å²) in [5, 5.41) is 3.49. The molecule has 0 bridgehead atoms. The van der Waals surface area contributed by atoms with Crippen molar-refractivity contribution in [3.8, 4) is 0 Å². The number of piperidine rings is 1. The number of carbonyl (C=O) groups excluding carboxylic acids is 1. The Balaban J connectivity index is 0.00000120. The minimum atomic E-state index is 0. The van der Waals surface area contributed by atoms with Gasteiger partial charge >= 0.3 is 0 Å². The number of amides is 1. The number of carbonyl (C=O) groups is 1. The van der Waals surface area contributed by atoms with Gasteiger partial charge in [0, 0.05) is 38.6 Å². The first-order valence-electron chi connectivity index (χ1n) is 7.05. The molecule has 0 aliphatic carbocycles. The summed E-state index contributed by atoms with van der Waals surface area (Å²) < 4.78 is 0. The van der Waals surface area contributed by atoms with Crippen LogP contribution in [-0.4, -0.2) is 61.0 Å². The molecule has 3 fully saturated rings. The van der Waals surface area contributed by atoms with Crippen molar-refractivity contribution in [3.05, 3.63) is 0 Å². The lowest BCUT2D eigenvalue weighted by atomic mass is 9.98. The highest BCUT2D eigenvalue weighted by Gasteiger charge is 2.35. The van der Waals surface area contributed by atoms with Gasteiger partial charge in [0.05, 0.1) is 0 Å². The molecule has 3 heterocycles. The Bertz CT molecular complexity index is 294. The highest BCUT2D eigenvalue weighted by molar-refractivity contribution is 5.85. The molecular formula is C13H24ClN3O. The van der Waals surface area contributed by atoms with E-state index in [4.69, 9.17) is 0 Å². The van der Waals surface area contributed by atoms with Crippen LogP contribution < -0.4 is 5.32 Å². The summed E-state index contributed by atoms with van der Waals surface area (Å²) in [6.45, 7) is 6.77. The van der Waals surface area contributed by atoms with Crippen LogP contribution in [0.5, 0.6) is 0 Å². The summed E-state index contributed by atoms with van der Waals surface area (Å²) in [5.74, 6) is 1.21. The Labute approximate surface area is 115 Å². The fraction of sp³-hybridized carbons (Fsp3) is 0.923. The number of halogens is 1. The Morgan fingerprint density at radius 3 is 2.94 bits per heavy atom. The molecule has 4 nitrogen and oxygen atoms in total. The van der Waals surface area contributed by atoms with Gasteiger partial charge < -0.3 is 10.2 Å². The summed E-state index contributed by atoms with van der Waals surface area (Å²) in [6, 6.07) is 0.521. The second kappa shape index (κ2) is 6.22. The van der Waals surface area contributed by atoms with Gasteiger partial charge in [-0.15, -0.1) is 12.4 Å². The predicted octanol–water partition coefficient (Wildman–Crippen LogP) is 0.714. The van der Waals surface area contributed by atoms with Crippen LogP contribution in [0, 0.1) is 5.92 Å². The molecule has 3 rings (SSSR count). The van der Waals surface area contributed by atoms with Crippen LogP contribution in [0.1, 0.15) is 25.7 Å². The van der Waals surface area contributed by atoms with Crippen LogP contribution in [-0.2, 0) is 4.79 Å². The van der Waals surface area contributed by atoms with Crippen molar-refractivity contribution in [1.29, 1.82) is 0 Å². The molecule has 2 atom stereocenters. The van der Waals surface area contributed by atoms with Gasteiger partial charge in [-0.05, 0) is 38.3 Å². The van der Waals surface area contributed by atoms with E-state index in [1.165, 1.54) is 32.5 Å². The maximum Gasteiger partial charge on any atom is 0.222 e. The zero-order valence-electron chi connectivity index (χ0n) is 10.9. The van der Waals surface area contributed by atoms with E-state index >= 15 is 0 Å². The summed E-state index contributed by atoms with van der Waals surface area (Å²) in [7, 11) is 0. The molecule has 3 aliphatic heterocycles. The van der Waals surface area contributed by atoms with Gasteiger partial charge in [0.15, 0.2) is 0 Å². The summed E-state index contributed by atoms with van der Waals surface area (Å²) in [4.78, 5) is 16.3. The third-order valence-electron chi connectivity index (χ3n) is 4.49. The quantitative estimate of drug-likeness (QED) is 0.805. The van der Waals surface area contributed by atoms with Crippen molar-refractivity contribution >= 4 is 18.3 Å². The third kappa shape index (κ3) is 2.98. The second-order valence-corrected chi connectivity index (χ2v) is 5.75. The summed E-state index contributed by atoms with van der Waals surface area (Å²) in [5.41, 5.74) is 0. The molecule has 1 amide bonds. The minimum absolute atomic E-state index is 0. The topological polar surface area (TPSA) is 35.6 Å². The molecule has 0 radical (unpaired) electrons. The molecular weight excluding hydrogens is 250 g/mol. The number of rotatable bonds is 2. The average molecular weight is 274 g/mol. The second-order valence-electron chi connectivity index (χ2n) is 5.75. The van der Waals surface area contributed by atoms with E-state index in [1.807, 2.05) is 0 Å². The summed E-state index contributed by atoms with van der Waals surface area (Å²) >= 11 is 0. The van der Waals surface area contributed by atoms with Gasteiger partial charge in [-0.3, -0.25) is 9.69 Å². The van der Waals surface area contributed by atoms with Crippen LogP contribution in [0.4, 0.5) is 0 Å². The molecule has 0 spiro atoms. The standard InChI is InChI=1S/C13H23N3O.ClH/c17-13-4-3-12-10-15(6-7-16(12)13)9-11-2-1-5-14-8-11;/h11-12,14H,1-10H2;1H. The molecule has 0 aromatic heterocycles. The van der Waals surface area contributed by atoms with Crippen molar-refractivity contribution < 1.29 is 4.79 Å². The average Bonchev–Trinajstić information content (AvgIpc) is 2.72. The number of fused-ring (bicyclic) bond motifs is 1. The first-order valence-corrected chi connectivity index (χ1v) is 7.05. The van der Waals surface area contributed by atoms with Gasteiger partial charge in [0.25, 0.3) is 0 Å². The van der Waals surface area contributed by atoms with E-state index in [-0.39, 0.29) is 12.4 Å². The van der Waals surface area contributed by atoms with Gasteiger partial charge in [0.2, 0.25) is 5.91 Å². The zero-order valence-corrected chi connectivity index (χ0v) is 11.8. The van der Waals surface area contributed by atoms with Crippen molar-refractivity contribution in [1.82, 2.24) is 15.1 Å². The van der Waals surface area contributed by atoms with Gasteiger partial charge in [-0.1, -0.05) is 0 Å². The normalized spacial score (nSPS) is 33.1. The third-order valence-corrected chi connectivity index (χ3v) is 4.49. The molecule has 3 saturated heterocycles. The monoisotopic (exact) mass is 273 g/mol. The molecule has 1 N–H and O–H groups in total. The first-order chi connectivity index (χ1) is 8.33. The zero-order chi connectivity index (χ0) is 11.7. The fourth-order valence-corrected chi connectivity index (χ4v) is 3.54. The molecule has 104 valence electrons. The minimum Gasteiger partial charge on any atom is -0.337 e. The highest BCUT2D eigenvalue weighted by Crippen LogP contribution is 2.23. The molecule has 0 aromatic rings. The van der Waals surface area contributed by atoms with E-state index < -0.39 is 0 Å². The number of hydrogen-bond acceptors (Lipinski definition) is 3. The van der Waals surface area contributed by atoms with Crippen LogP contribution in [0.2, 0.25) is 0 Å². The number of piperazine rings is 1. The molecule has 0 saturated carbocycles. The largest absolute Gasteiger partial charge is 0.337 e. The van der Waals surface area contributed by atoms with E-state index in [0.29, 0.717) is 11.9 Å². The number of hydrogen-bond donors (Lipinski definition) is 1. The maximum atomic E-state index is 11.6. The lowest BCUT2D eigenvalue weighted by molar-refractivity contribution is -0.130. The predicted molar refractivity (Wildman–Crippen MR) is 74.0 cm³/mol. The summed E-state index contributed by atoms with van der Waals surface area (Å²) in [6.07, 6.45) is 4.56. The van der Waals surface area contributed by atoms with Gasteiger partial charge in [-0.25, -0.2) is 0 Å². The first kappa shape index (κ1) is 14.1.